The monoisotopic (exact) mass is 222 g/mol. The maximum absolute atomic E-state index is 11.9. The van der Waals surface area contributed by atoms with Crippen molar-refractivity contribution < 1.29 is 4.79 Å². The lowest BCUT2D eigenvalue weighted by molar-refractivity contribution is 0.0936. The Labute approximate surface area is 95.4 Å². The van der Waals surface area contributed by atoms with Gasteiger partial charge in [-0.3, -0.25) is 4.79 Å². The van der Waals surface area contributed by atoms with Crippen molar-refractivity contribution in [2.24, 2.45) is 5.92 Å². The molecule has 0 aliphatic heterocycles. The van der Waals surface area contributed by atoms with E-state index in [0.717, 1.165) is 11.1 Å². The standard InChI is InChI=1S/C13H15ClO/c1-9-5-11(8-12(14)6-9)13(15)7-10-3-2-4-10/h5-6,8,10H,2-4,7H2,1H3. The number of carbonyl (C=O) groups excluding carboxylic acids is 1. The molecule has 0 amide bonds. The van der Waals surface area contributed by atoms with Crippen LogP contribution in [0.15, 0.2) is 18.2 Å². The molecule has 80 valence electrons. The highest BCUT2D eigenvalue weighted by Gasteiger charge is 2.21. The van der Waals surface area contributed by atoms with Gasteiger partial charge in [0, 0.05) is 17.0 Å². The van der Waals surface area contributed by atoms with Crippen molar-refractivity contribution in [2.45, 2.75) is 32.6 Å². The van der Waals surface area contributed by atoms with Gasteiger partial charge in [0.1, 0.15) is 0 Å². The average Bonchev–Trinajstić information content (AvgIpc) is 2.09. The third-order valence-electron chi connectivity index (χ3n) is 3.06. The largest absolute Gasteiger partial charge is 0.294 e. The Morgan fingerprint density at radius 3 is 2.67 bits per heavy atom. The normalized spacial score (nSPS) is 16.1. The van der Waals surface area contributed by atoms with Crippen molar-refractivity contribution in [3.63, 3.8) is 0 Å². The molecule has 1 aromatic rings. The second kappa shape index (κ2) is 4.36. The van der Waals surface area contributed by atoms with E-state index in [0.29, 0.717) is 17.4 Å². The van der Waals surface area contributed by atoms with Crippen LogP contribution in [0.2, 0.25) is 5.02 Å². The van der Waals surface area contributed by atoms with E-state index < -0.39 is 0 Å². The van der Waals surface area contributed by atoms with Gasteiger partial charge in [0.15, 0.2) is 5.78 Å². The summed E-state index contributed by atoms with van der Waals surface area (Å²) in [5.41, 5.74) is 1.83. The number of aryl methyl sites for hydroxylation is 1. The van der Waals surface area contributed by atoms with Crippen molar-refractivity contribution in [2.75, 3.05) is 0 Å². The molecule has 2 heteroatoms. The van der Waals surface area contributed by atoms with Gasteiger partial charge in [0.25, 0.3) is 0 Å². The summed E-state index contributed by atoms with van der Waals surface area (Å²) in [5, 5.41) is 0.659. The summed E-state index contributed by atoms with van der Waals surface area (Å²) in [7, 11) is 0. The number of hydrogen-bond acceptors (Lipinski definition) is 1. The Morgan fingerprint density at radius 1 is 1.40 bits per heavy atom. The highest BCUT2D eigenvalue weighted by atomic mass is 35.5. The van der Waals surface area contributed by atoms with E-state index in [-0.39, 0.29) is 5.78 Å². The maximum Gasteiger partial charge on any atom is 0.163 e. The molecule has 1 nitrogen and oxygen atoms in total. The third-order valence-corrected chi connectivity index (χ3v) is 3.28. The molecule has 0 bridgehead atoms. The molecule has 0 aromatic heterocycles. The first-order valence-electron chi connectivity index (χ1n) is 5.45. The van der Waals surface area contributed by atoms with E-state index in [1.54, 1.807) is 6.07 Å². The first kappa shape index (κ1) is 10.7. The van der Waals surface area contributed by atoms with Gasteiger partial charge in [0.05, 0.1) is 0 Å². The minimum absolute atomic E-state index is 0.241. The summed E-state index contributed by atoms with van der Waals surface area (Å²) in [4.78, 5) is 11.9. The summed E-state index contributed by atoms with van der Waals surface area (Å²) in [5.74, 6) is 0.863. The van der Waals surface area contributed by atoms with Gasteiger partial charge in [0.2, 0.25) is 0 Å². The molecule has 0 N–H and O–H groups in total. The highest BCUT2D eigenvalue weighted by Crippen LogP contribution is 2.30. The molecule has 0 unspecified atom stereocenters. The summed E-state index contributed by atoms with van der Waals surface area (Å²) in [6.07, 6.45) is 4.41. The van der Waals surface area contributed by atoms with Crippen LogP contribution in [0.4, 0.5) is 0 Å². The van der Waals surface area contributed by atoms with Gasteiger partial charge in [-0.2, -0.15) is 0 Å². The van der Waals surface area contributed by atoms with Crippen LogP contribution < -0.4 is 0 Å². The van der Waals surface area contributed by atoms with Crippen LogP contribution in [0.1, 0.15) is 41.6 Å². The molecule has 1 fully saturated rings. The zero-order valence-corrected chi connectivity index (χ0v) is 9.68. The Balaban J connectivity index is 2.10. The van der Waals surface area contributed by atoms with E-state index in [1.807, 2.05) is 19.1 Å². The fourth-order valence-electron chi connectivity index (χ4n) is 1.97. The van der Waals surface area contributed by atoms with Crippen molar-refractivity contribution in [1.29, 1.82) is 0 Å². The molecule has 1 aromatic carbocycles. The van der Waals surface area contributed by atoms with Gasteiger partial charge in [-0.1, -0.05) is 30.9 Å². The summed E-state index contributed by atoms with van der Waals surface area (Å²) in [6, 6.07) is 5.57. The summed E-state index contributed by atoms with van der Waals surface area (Å²) < 4.78 is 0. The predicted octanol–water partition coefficient (Wildman–Crippen LogP) is 4.02. The summed E-state index contributed by atoms with van der Waals surface area (Å²) >= 11 is 5.93. The molecule has 1 aliphatic rings. The zero-order valence-electron chi connectivity index (χ0n) is 8.92. The Morgan fingerprint density at radius 2 is 2.13 bits per heavy atom. The van der Waals surface area contributed by atoms with Crippen LogP contribution in [0.5, 0.6) is 0 Å². The average molecular weight is 223 g/mol. The SMILES string of the molecule is Cc1cc(Cl)cc(C(=O)CC2CCC2)c1. The quantitative estimate of drug-likeness (QED) is 0.706. The smallest absolute Gasteiger partial charge is 0.163 e. The van der Waals surface area contributed by atoms with Crippen molar-refractivity contribution in [3.8, 4) is 0 Å². The predicted molar refractivity (Wildman–Crippen MR) is 62.5 cm³/mol. The number of benzene rings is 1. The minimum atomic E-state index is 0.241. The van der Waals surface area contributed by atoms with Gasteiger partial charge >= 0.3 is 0 Å². The first-order valence-corrected chi connectivity index (χ1v) is 5.83. The Bertz CT molecular complexity index is 360. The van der Waals surface area contributed by atoms with Crippen LogP contribution in [-0.4, -0.2) is 5.78 Å². The molecule has 0 radical (unpaired) electrons. The Hall–Kier alpha value is -0.820. The summed E-state index contributed by atoms with van der Waals surface area (Å²) in [6.45, 7) is 1.96. The van der Waals surface area contributed by atoms with E-state index in [2.05, 4.69) is 0 Å². The molecule has 15 heavy (non-hydrogen) atoms. The molecule has 0 heterocycles. The van der Waals surface area contributed by atoms with E-state index >= 15 is 0 Å². The van der Waals surface area contributed by atoms with Crippen LogP contribution >= 0.6 is 11.6 Å². The maximum atomic E-state index is 11.9. The molecular formula is C13H15ClO. The number of hydrogen-bond donors (Lipinski definition) is 0. The highest BCUT2D eigenvalue weighted by molar-refractivity contribution is 6.31. The van der Waals surface area contributed by atoms with Gasteiger partial charge in [-0.25, -0.2) is 0 Å². The number of halogens is 1. The molecule has 0 saturated heterocycles. The second-order valence-corrected chi connectivity index (χ2v) is 4.88. The van der Waals surface area contributed by atoms with Crippen molar-refractivity contribution in [3.05, 3.63) is 34.3 Å². The van der Waals surface area contributed by atoms with E-state index in [9.17, 15) is 4.79 Å². The molecule has 1 saturated carbocycles. The molecular weight excluding hydrogens is 208 g/mol. The Kier molecular flexibility index (Phi) is 3.11. The van der Waals surface area contributed by atoms with E-state index in [1.165, 1.54) is 19.3 Å². The molecule has 2 rings (SSSR count). The van der Waals surface area contributed by atoms with Crippen LogP contribution in [-0.2, 0) is 0 Å². The van der Waals surface area contributed by atoms with Gasteiger partial charge in [-0.05, 0) is 36.6 Å². The van der Waals surface area contributed by atoms with Gasteiger partial charge < -0.3 is 0 Å². The molecule has 0 atom stereocenters. The van der Waals surface area contributed by atoms with Gasteiger partial charge in [-0.15, -0.1) is 0 Å². The van der Waals surface area contributed by atoms with Crippen LogP contribution in [0.25, 0.3) is 0 Å². The van der Waals surface area contributed by atoms with Crippen molar-refractivity contribution >= 4 is 17.4 Å². The number of carbonyl (C=O) groups is 1. The lowest BCUT2D eigenvalue weighted by Crippen LogP contribution is -2.16. The third kappa shape index (κ3) is 2.60. The first-order chi connectivity index (χ1) is 7.15. The molecule has 0 spiro atoms. The lowest BCUT2D eigenvalue weighted by atomic mass is 9.81. The second-order valence-electron chi connectivity index (χ2n) is 4.44. The van der Waals surface area contributed by atoms with Crippen molar-refractivity contribution in [1.82, 2.24) is 0 Å². The number of ketones is 1. The topological polar surface area (TPSA) is 17.1 Å². The van der Waals surface area contributed by atoms with E-state index in [4.69, 9.17) is 11.6 Å². The number of Topliss-reactive ketones (excluding diaryl/α,β-unsaturated/α-hetero) is 1. The lowest BCUT2D eigenvalue weighted by Gasteiger charge is -2.24. The fourth-order valence-corrected chi connectivity index (χ4v) is 2.26. The minimum Gasteiger partial charge on any atom is -0.294 e. The van der Waals surface area contributed by atoms with Crippen LogP contribution in [0, 0.1) is 12.8 Å². The van der Waals surface area contributed by atoms with Crippen LogP contribution in [0.3, 0.4) is 0 Å². The fraction of sp³-hybridized carbons (Fsp3) is 0.462. The zero-order chi connectivity index (χ0) is 10.8. The number of rotatable bonds is 3. The molecule has 1 aliphatic carbocycles.